The molecule has 15 heavy (non-hydrogen) atoms. The fourth-order valence-corrected chi connectivity index (χ4v) is 1.47. The van der Waals surface area contributed by atoms with Gasteiger partial charge in [-0.2, -0.15) is 0 Å². The summed E-state index contributed by atoms with van der Waals surface area (Å²) in [4.78, 5) is 0. The first-order valence-corrected chi connectivity index (χ1v) is 4.71. The second-order valence-corrected chi connectivity index (χ2v) is 3.42. The average molecular weight is 216 g/mol. The van der Waals surface area contributed by atoms with Gasteiger partial charge in [0.2, 0.25) is 0 Å². The van der Waals surface area contributed by atoms with Crippen molar-refractivity contribution in [1.29, 1.82) is 0 Å². The molecule has 0 bridgehead atoms. The van der Waals surface area contributed by atoms with Crippen LogP contribution in [-0.2, 0) is 10.3 Å². The van der Waals surface area contributed by atoms with Gasteiger partial charge in [-0.25, -0.2) is 8.78 Å². The molecule has 0 aliphatic rings. The zero-order valence-electron chi connectivity index (χ0n) is 8.76. The molecule has 0 aliphatic carbocycles. The Kier molecular flexibility index (Phi) is 3.77. The summed E-state index contributed by atoms with van der Waals surface area (Å²) in [5, 5.41) is 10.1. The zero-order chi connectivity index (χ0) is 11.5. The second-order valence-electron chi connectivity index (χ2n) is 3.42. The highest BCUT2D eigenvalue weighted by Gasteiger charge is 2.31. The molecule has 0 heterocycles. The maximum Gasteiger partial charge on any atom is 0.164 e. The molecule has 0 radical (unpaired) electrons. The van der Waals surface area contributed by atoms with E-state index in [9.17, 15) is 13.9 Å². The molecule has 84 valence electrons. The molecule has 1 atom stereocenters. The largest absolute Gasteiger partial charge is 0.383 e. The Morgan fingerprint density at radius 1 is 1.40 bits per heavy atom. The van der Waals surface area contributed by atoms with Gasteiger partial charge in [-0.05, 0) is 12.5 Å². The molecule has 4 heteroatoms. The van der Waals surface area contributed by atoms with Gasteiger partial charge in [-0.1, -0.05) is 19.1 Å². The van der Waals surface area contributed by atoms with Crippen molar-refractivity contribution >= 4 is 0 Å². The number of rotatable bonds is 4. The van der Waals surface area contributed by atoms with Crippen LogP contribution >= 0.6 is 0 Å². The van der Waals surface area contributed by atoms with Crippen LogP contribution < -0.4 is 0 Å². The topological polar surface area (TPSA) is 29.5 Å². The van der Waals surface area contributed by atoms with Crippen molar-refractivity contribution in [1.82, 2.24) is 0 Å². The lowest BCUT2D eigenvalue weighted by Crippen LogP contribution is -2.31. The SMILES string of the molecule is CCC(O)(COC)c1cccc(F)c1F. The number of benzene rings is 1. The average Bonchev–Trinajstić information content (AvgIpc) is 2.22. The summed E-state index contributed by atoms with van der Waals surface area (Å²) in [5.41, 5.74) is -1.53. The van der Waals surface area contributed by atoms with E-state index >= 15 is 0 Å². The minimum absolute atomic E-state index is 0.0631. The lowest BCUT2D eigenvalue weighted by molar-refractivity contribution is -0.0413. The standard InChI is InChI=1S/C11H14F2O2/c1-3-11(14,7-15-2)8-5-4-6-9(12)10(8)13/h4-6,14H,3,7H2,1-2H3. The van der Waals surface area contributed by atoms with Crippen molar-refractivity contribution in [3.63, 3.8) is 0 Å². The monoisotopic (exact) mass is 216 g/mol. The molecule has 0 aromatic heterocycles. The number of halogens is 2. The number of methoxy groups -OCH3 is 1. The van der Waals surface area contributed by atoms with E-state index in [2.05, 4.69) is 0 Å². The summed E-state index contributed by atoms with van der Waals surface area (Å²) in [7, 11) is 1.40. The van der Waals surface area contributed by atoms with E-state index in [1.165, 1.54) is 19.2 Å². The number of ether oxygens (including phenoxy) is 1. The number of hydrogen-bond donors (Lipinski definition) is 1. The zero-order valence-corrected chi connectivity index (χ0v) is 8.76. The van der Waals surface area contributed by atoms with Crippen molar-refractivity contribution in [3.8, 4) is 0 Å². The lowest BCUT2D eigenvalue weighted by Gasteiger charge is -2.26. The quantitative estimate of drug-likeness (QED) is 0.836. The van der Waals surface area contributed by atoms with Gasteiger partial charge in [0, 0.05) is 12.7 Å². The number of hydrogen-bond acceptors (Lipinski definition) is 2. The van der Waals surface area contributed by atoms with Crippen LogP contribution in [0.15, 0.2) is 18.2 Å². The van der Waals surface area contributed by atoms with Gasteiger partial charge in [0.1, 0.15) is 5.60 Å². The van der Waals surface area contributed by atoms with Gasteiger partial charge in [-0.15, -0.1) is 0 Å². The first-order valence-electron chi connectivity index (χ1n) is 4.71. The van der Waals surface area contributed by atoms with Crippen LogP contribution in [0.5, 0.6) is 0 Å². The maximum atomic E-state index is 13.4. The van der Waals surface area contributed by atoms with Crippen LogP contribution in [0.1, 0.15) is 18.9 Å². The Morgan fingerprint density at radius 2 is 2.07 bits per heavy atom. The van der Waals surface area contributed by atoms with E-state index in [4.69, 9.17) is 4.74 Å². The van der Waals surface area contributed by atoms with Crippen LogP contribution in [0, 0.1) is 11.6 Å². The Balaban J connectivity index is 3.17. The minimum Gasteiger partial charge on any atom is -0.383 e. The maximum absolute atomic E-state index is 13.4. The fourth-order valence-electron chi connectivity index (χ4n) is 1.47. The fraction of sp³-hybridized carbons (Fsp3) is 0.455. The summed E-state index contributed by atoms with van der Waals surface area (Å²) in [6.07, 6.45) is 0.251. The molecule has 1 unspecified atom stereocenters. The highest BCUT2D eigenvalue weighted by molar-refractivity contribution is 5.25. The molecule has 0 saturated carbocycles. The third kappa shape index (κ3) is 2.33. The van der Waals surface area contributed by atoms with Crippen molar-refractivity contribution in [2.75, 3.05) is 13.7 Å². The van der Waals surface area contributed by atoms with Gasteiger partial charge in [-0.3, -0.25) is 0 Å². The molecule has 1 rings (SSSR count). The van der Waals surface area contributed by atoms with Crippen molar-refractivity contribution in [2.45, 2.75) is 18.9 Å². The van der Waals surface area contributed by atoms with E-state index in [-0.39, 0.29) is 18.6 Å². The molecule has 0 saturated heterocycles. The Bertz CT molecular complexity index is 341. The van der Waals surface area contributed by atoms with E-state index < -0.39 is 17.2 Å². The van der Waals surface area contributed by atoms with Gasteiger partial charge >= 0.3 is 0 Å². The van der Waals surface area contributed by atoms with Crippen LogP contribution in [0.2, 0.25) is 0 Å². The Morgan fingerprint density at radius 3 is 2.60 bits per heavy atom. The third-order valence-electron chi connectivity index (χ3n) is 2.42. The first kappa shape index (κ1) is 12.1. The molecule has 0 spiro atoms. The summed E-state index contributed by atoms with van der Waals surface area (Å²) < 4.78 is 31.2. The van der Waals surface area contributed by atoms with Gasteiger partial charge < -0.3 is 9.84 Å². The normalized spacial score (nSPS) is 15.0. The van der Waals surface area contributed by atoms with Crippen LogP contribution in [0.4, 0.5) is 8.78 Å². The Hall–Kier alpha value is -1.00. The summed E-state index contributed by atoms with van der Waals surface area (Å²) in [6.45, 7) is 1.62. The predicted octanol–water partition coefficient (Wildman–Crippen LogP) is 2.21. The summed E-state index contributed by atoms with van der Waals surface area (Å²) in [5.74, 6) is -1.98. The molecule has 1 N–H and O–H groups in total. The van der Waals surface area contributed by atoms with Gasteiger partial charge in [0.15, 0.2) is 11.6 Å². The Labute approximate surface area is 87.5 Å². The van der Waals surface area contributed by atoms with Crippen molar-refractivity contribution in [2.24, 2.45) is 0 Å². The summed E-state index contributed by atoms with van der Waals surface area (Å²) in [6, 6.07) is 3.74. The molecule has 0 fully saturated rings. The van der Waals surface area contributed by atoms with Gasteiger partial charge in [0.05, 0.1) is 6.61 Å². The van der Waals surface area contributed by atoms with E-state index in [0.29, 0.717) is 0 Å². The van der Waals surface area contributed by atoms with Crippen molar-refractivity contribution in [3.05, 3.63) is 35.4 Å². The molecular formula is C11H14F2O2. The highest BCUT2D eigenvalue weighted by Crippen LogP contribution is 2.28. The molecular weight excluding hydrogens is 202 g/mol. The predicted molar refractivity (Wildman–Crippen MR) is 52.4 cm³/mol. The van der Waals surface area contributed by atoms with E-state index in [1.807, 2.05) is 0 Å². The summed E-state index contributed by atoms with van der Waals surface area (Å²) >= 11 is 0. The van der Waals surface area contributed by atoms with Crippen LogP contribution in [-0.4, -0.2) is 18.8 Å². The molecule has 2 nitrogen and oxygen atoms in total. The lowest BCUT2D eigenvalue weighted by atomic mass is 9.91. The van der Waals surface area contributed by atoms with Crippen molar-refractivity contribution < 1.29 is 18.6 Å². The molecule has 1 aromatic rings. The minimum atomic E-state index is -1.47. The van der Waals surface area contributed by atoms with E-state index in [1.54, 1.807) is 6.92 Å². The van der Waals surface area contributed by atoms with Crippen LogP contribution in [0.25, 0.3) is 0 Å². The first-order chi connectivity index (χ1) is 7.05. The van der Waals surface area contributed by atoms with Gasteiger partial charge in [0.25, 0.3) is 0 Å². The molecule has 0 aliphatic heterocycles. The third-order valence-corrected chi connectivity index (χ3v) is 2.42. The highest BCUT2D eigenvalue weighted by atomic mass is 19.2. The van der Waals surface area contributed by atoms with Crippen LogP contribution in [0.3, 0.4) is 0 Å². The molecule has 1 aromatic carbocycles. The molecule has 0 amide bonds. The smallest absolute Gasteiger partial charge is 0.164 e. The number of aliphatic hydroxyl groups is 1. The second kappa shape index (κ2) is 4.68. The van der Waals surface area contributed by atoms with E-state index in [0.717, 1.165) is 6.07 Å².